The lowest BCUT2D eigenvalue weighted by molar-refractivity contribution is -0.145. The van der Waals surface area contributed by atoms with Gasteiger partial charge in [-0.25, -0.2) is 14.2 Å². The van der Waals surface area contributed by atoms with Gasteiger partial charge in [-0.05, 0) is 18.7 Å². The van der Waals surface area contributed by atoms with Crippen LogP contribution < -0.4 is 0 Å². The summed E-state index contributed by atoms with van der Waals surface area (Å²) in [6.45, 7) is 1.83. The molecule has 1 aromatic rings. The van der Waals surface area contributed by atoms with Crippen LogP contribution in [0.3, 0.4) is 0 Å². The molecule has 1 rings (SSSR count). The summed E-state index contributed by atoms with van der Waals surface area (Å²) < 4.78 is 18.0. The van der Waals surface area contributed by atoms with Crippen LogP contribution in [0.25, 0.3) is 0 Å². The van der Waals surface area contributed by atoms with Crippen LogP contribution in [0.1, 0.15) is 6.92 Å². The van der Waals surface area contributed by atoms with Crippen molar-refractivity contribution in [3.8, 4) is 0 Å². The second-order valence-corrected chi connectivity index (χ2v) is 4.17. The first kappa shape index (κ1) is 10.5. The largest absolute Gasteiger partial charge is 0.463 e. The SMILES string of the molecule is CCOC(=O)C(F)Sc1nccs1. The second kappa shape index (κ2) is 5.18. The molecule has 6 heteroatoms. The summed E-state index contributed by atoms with van der Waals surface area (Å²) in [5.74, 6) is -0.845. The third kappa shape index (κ3) is 3.31. The van der Waals surface area contributed by atoms with E-state index in [1.807, 2.05) is 0 Å². The van der Waals surface area contributed by atoms with Crippen molar-refractivity contribution in [2.45, 2.75) is 16.8 Å². The molecule has 1 aromatic heterocycles. The van der Waals surface area contributed by atoms with Gasteiger partial charge in [-0.2, -0.15) is 0 Å². The van der Waals surface area contributed by atoms with Crippen molar-refractivity contribution in [3.63, 3.8) is 0 Å². The summed E-state index contributed by atoms with van der Waals surface area (Å²) in [5, 5.41) is 1.72. The van der Waals surface area contributed by atoms with Gasteiger partial charge in [0, 0.05) is 11.6 Å². The van der Waals surface area contributed by atoms with Gasteiger partial charge in [-0.1, -0.05) is 0 Å². The first-order valence-electron chi connectivity index (χ1n) is 3.61. The highest BCUT2D eigenvalue weighted by Crippen LogP contribution is 2.26. The zero-order valence-corrected chi connectivity index (χ0v) is 8.53. The maximum atomic E-state index is 13.0. The average molecular weight is 221 g/mol. The Kier molecular flexibility index (Phi) is 4.17. The van der Waals surface area contributed by atoms with Crippen molar-refractivity contribution in [2.75, 3.05) is 6.61 Å². The van der Waals surface area contributed by atoms with E-state index >= 15 is 0 Å². The minimum atomic E-state index is -1.67. The van der Waals surface area contributed by atoms with Crippen LogP contribution in [0, 0.1) is 0 Å². The zero-order chi connectivity index (χ0) is 9.68. The van der Waals surface area contributed by atoms with E-state index < -0.39 is 11.5 Å². The molecule has 0 amide bonds. The van der Waals surface area contributed by atoms with Crippen molar-refractivity contribution in [1.82, 2.24) is 4.98 Å². The van der Waals surface area contributed by atoms with Crippen LogP contribution in [0.15, 0.2) is 15.9 Å². The van der Waals surface area contributed by atoms with E-state index in [2.05, 4.69) is 9.72 Å². The number of carbonyl (C=O) groups is 1. The lowest BCUT2D eigenvalue weighted by Gasteiger charge is -2.04. The van der Waals surface area contributed by atoms with Gasteiger partial charge in [0.15, 0.2) is 4.34 Å². The topological polar surface area (TPSA) is 39.2 Å². The van der Waals surface area contributed by atoms with Crippen molar-refractivity contribution < 1.29 is 13.9 Å². The molecule has 0 spiro atoms. The van der Waals surface area contributed by atoms with Gasteiger partial charge >= 0.3 is 5.97 Å². The summed E-state index contributed by atoms with van der Waals surface area (Å²) in [6, 6.07) is 0. The van der Waals surface area contributed by atoms with E-state index in [-0.39, 0.29) is 6.61 Å². The number of carbonyl (C=O) groups excluding carboxylic acids is 1. The number of nitrogens with zero attached hydrogens (tertiary/aromatic N) is 1. The molecule has 0 fully saturated rings. The molecule has 1 heterocycles. The second-order valence-electron chi connectivity index (χ2n) is 1.98. The molecule has 0 radical (unpaired) electrons. The first-order valence-corrected chi connectivity index (χ1v) is 5.37. The van der Waals surface area contributed by atoms with Gasteiger partial charge in [0.25, 0.3) is 0 Å². The maximum Gasteiger partial charge on any atom is 0.351 e. The highest BCUT2D eigenvalue weighted by Gasteiger charge is 2.20. The van der Waals surface area contributed by atoms with Crippen LogP contribution in [0.2, 0.25) is 0 Å². The van der Waals surface area contributed by atoms with Crippen LogP contribution in [0.4, 0.5) is 4.39 Å². The van der Waals surface area contributed by atoms with E-state index in [0.29, 0.717) is 4.34 Å². The molecule has 0 saturated heterocycles. The van der Waals surface area contributed by atoms with Crippen LogP contribution in [-0.2, 0) is 9.53 Å². The van der Waals surface area contributed by atoms with Gasteiger partial charge in [-0.15, -0.1) is 11.3 Å². The lowest BCUT2D eigenvalue weighted by atomic mass is 10.7. The van der Waals surface area contributed by atoms with Crippen molar-refractivity contribution in [1.29, 1.82) is 0 Å². The van der Waals surface area contributed by atoms with E-state index in [1.54, 1.807) is 18.5 Å². The Bertz CT molecular complexity index is 265. The molecular formula is C7H8FNO2S2. The number of alkyl halides is 1. The highest BCUT2D eigenvalue weighted by molar-refractivity contribution is 8.02. The summed E-state index contributed by atoms with van der Waals surface area (Å²) in [5.41, 5.74) is -1.67. The Morgan fingerprint density at radius 3 is 3.23 bits per heavy atom. The molecule has 0 aliphatic heterocycles. The number of thioether (sulfide) groups is 1. The van der Waals surface area contributed by atoms with Gasteiger partial charge in [0.05, 0.1) is 6.61 Å². The van der Waals surface area contributed by atoms with Gasteiger partial charge in [0.2, 0.25) is 5.50 Å². The first-order chi connectivity index (χ1) is 6.24. The van der Waals surface area contributed by atoms with Gasteiger partial charge in [-0.3, -0.25) is 0 Å². The number of halogens is 1. The molecule has 0 aromatic carbocycles. The Labute approximate surface area is 83.3 Å². The minimum absolute atomic E-state index is 0.192. The third-order valence-corrected chi connectivity index (χ3v) is 2.93. The number of thiazole rings is 1. The monoisotopic (exact) mass is 221 g/mol. The number of aromatic nitrogens is 1. The fraction of sp³-hybridized carbons (Fsp3) is 0.429. The summed E-state index contributed by atoms with van der Waals surface area (Å²) in [6.07, 6.45) is 1.56. The molecule has 1 atom stereocenters. The van der Waals surface area contributed by atoms with Crippen molar-refractivity contribution >= 4 is 29.1 Å². The molecule has 72 valence electrons. The quantitative estimate of drug-likeness (QED) is 0.576. The molecule has 0 bridgehead atoms. The third-order valence-electron chi connectivity index (χ3n) is 1.09. The number of hydrogen-bond acceptors (Lipinski definition) is 5. The summed E-state index contributed by atoms with van der Waals surface area (Å²) in [7, 11) is 0. The predicted molar refractivity (Wildman–Crippen MR) is 49.5 cm³/mol. The highest BCUT2D eigenvalue weighted by atomic mass is 32.2. The fourth-order valence-corrected chi connectivity index (χ4v) is 2.08. The van der Waals surface area contributed by atoms with E-state index in [9.17, 15) is 9.18 Å². The Balaban J connectivity index is 2.41. The molecular weight excluding hydrogens is 213 g/mol. The standard InChI is InChI=1S/C7H8FNO2S2/c1-2-11-6(10)5(8)13-7-9-3-4-12-7/h3-5H,2H2,1H3. The predicted octanol–water partition coefficient (Wildman–Crippen LogP) is 2.09. The lowest BCUT2D eigenvalue weighted by Crippen LogP contribution is -2.15. The smallest absolute Gasteiger partial charge is 0.351 e. The molecule has 13 heavy (non-hydrogen) atoms. The molecule has 0 N–H and O–H groups in total. The summed E-state index contributed by atoms with van der Waals surface area (Å²) in [4.78, 5) is 14.7. The minimum Gasteiger partial charge on any atom is -0.463 e. The normalized spacial score (nSPS) is 12.5. The number of hydrogen-bond donors (Lipinski definition) is 0. The zero-order valence-electron chi connectivity index (χ0n) is 6.90. The van der Waals surface area contributed by atoms with E-state index in [1.165, 1.54) is 11.3 Å². The Morgan fingerprint density at radius 2 is 2.69 bits per heavy atom. The Morgan fingerprint density at radius 1 is 1.92 bits per heavy atom. The molecule has 0 aliphatic carbocycles. The molecule has 1 unspecified atom stereocenters. The van der Waals surface area contributed by atoms with Gasteiger partial charge in [0.1, 0.15) is 0 Å². The van der Waals surface area contributed by atoms with E-state index in [0.717, 1.165) is 11.8 Å². The van der Waals surface area contributed by atoms with Gasteiger partial charge < -0.3 is 4.74 Å². The molecule has 0 saturated carbocycles. The van der Waals surface area contributed by atoms with Crippen molar-refractivity contribution in [2.24, 2.45) is 0 Å². The molecule has 3 nitrogen and oxygen atoms in total. The van der Waals surface area contributed by atoms with Crippen LogP contribution >= 0.6 is 23.1 Å². The van der Waals surface area contributed by atoms with Crippen LogP contribution in [-0.4, -0.2) is 23.1 Å². The number of rotatable bonds is 4. The Hall–Kier alpha value is -0.620. The maximum absolute atomic E-state index is 13.0. The van der Waals surface area contributed by atoms with Crippen molar-refractivity contribution in [3.05, 3.63) is 11.6 Å². The van der Waals surface area contributed by atoms with Crippen LogP contribution in [0.5, 0.6) is 0 Å². The average Bonchev–Trinajstić information content (AvgIpc) is 2.57. The number of ether oxygens (including phenoxy) is 1. The molecule has 0 aliphatic rings. The fourth-order valence-electron chi connectivity index (χ4n) is 0.613. The van der Waals surface area contributed by atoms with E-state index in [4.69, 9.17) is 0 Å². The summed E-state index contributed by atoms with van der Waals surface area (Å²) >= 11 is 2.06. The number of esters is 1.